The van der Waals surface area contributed by atoms with Crippen molar-refractivity contribution in [3.63, 3.8) is 0 Å². The number of nitrogens with zero attached hydrogens (tertiary/aromatic N) is 3. The van der Waals surface area contributed by atoms with Crippen LogP contribution in [0.5, 0.6) is 0 Å². The summed E-state index contributed by atoms with van der Waals surface area (Å²) in [7, 11) is 0. The van der Waals surface area contributed by atoms with Crippen LogP contribution in [0.2, 0.25) is 5.02 Å². The fraction of sp³-hybridized carbons (Fsp3) is 0.176. The van der Waals surface area contributed by atoms with Gasteiger partial charge in [-0.2, -0.15) is 18.3 Å². The number of aromatic nitrogens is 3. The van der Waals surface area contributed by atoms with E-state index in [0.29, 0.717) is 5.56 Å². The second-order valence-electron chi connectivity index (χ2n) is 5.53. The van der Waals surface area contributed by atoms with Gasteiger partial charge in [-0.25, -0.2) is 4.98 Å². The zero-order valence-electron chi connectivity index (χ0n) is 13.1. The second-order valence-corrected chi connectivity index (χ2v) is 5.94. The van der Waals surface area contributed by atoms with Gasteiger partial charge in [0.15, 0.2) is 0 Å². The van der Waals surface area contributed by atoms with Gasteiger partial charge in [0.2, 0.25) is 0 Å². The lowest BCUT2D eigenvalue weighted by Gasteiger charge is -2.17. The van der Waals surface area contributed by atoms with Crippen molar-refractivity contribution in [2.75, 3.05) is 5.73 Å². The van der Waals surface area contributed by atoms with Crippen molar-refractivity contribution in [3.8, 4) is 11.3 Å². The zero-order valence-corrected chi connectivity index (χ0v) is 13.9. The fourth-order valence-electron chi connectivity index (χ4n) is 2.50. The predicted molar refractivity (Wildman–Crippen MR) is 90.1 cm³/mol. The Morgan fingerprint density at radius 1 is 1.16 bits per heavy atom. The monoisotopic (exact) mass is 366 g/mol. The fourth-order valence-corrected chi connectivity index (χ4v) is 2.67. The van der Waals surface area contributed by atoms with Gasteiger partial charge in [0.05, 0.1) is 16.8 Å². The topological polar surface area (TPSA) is 56.7 Å². The van der Waals surface area contributed by atoms with E-state index in [1.165, 1.54) is 12.3 Å². The molecule has 25 heavy (non-hydrogen) atoms. The number of nitrogen functional groups attached to an aromatic ring is 1. The van der Waals surface area contributed by atoms with Gasteiger partial charge in [-0.05, 0) is 24.6 Å². The molecule has 0 bridgehead atoms. The summed E-state index contributed by atoms with van der Waals surface area (Å²) in [6, 6.07) is 10.7. The van der Waals surface area contributed by atoms with Crippen LogP contribution in [0, 0.1) is 0 Å². The molecule has 0 saturated heterocycles. The summed E-state index contributed by atoms with van der Waals surface area (Å²) in [6.45, 7) is 1.66. The highest BCUT2D eigenvalue weighted by Gasteiger charge is 2.37. The first kappa shape index (κ1) is 17.3. The number of pyridine rings is 1. The summed E-state index contributed by atoms with van der Waals surface area (Å²) in [4.78, 5) is 3.87. The molecule has 0 radical (unpaired) electrons. The highest BCUT2D eigenvalue weighted by molar-refractivity contribution is 6.33. The van der Waals surface area contributed by atoms with Crippen LogP contribution in [-0.4, -0.2) is 14.8 Å². The minimum absolute atomic E-state index is 0.110. The number of rotatable bonds is 3. The van der Waals surface area contributed by atoms with E-state index in [1.807, 2.05) is 0 Å². The molecule has 130 valence electrons. The van der Waals surface area contributed by atoms with E-state index in [2.05, 4.69) is 10.1 Å². The SMILES string of the molecule is CC(c1ccccc1)n1nc(-c2cnc(N)c(Cl)c2)cc1C(F)(F)F. The van der Waals surface area contributed by atoms with Crippen LogP contribution in [0.1, 0.15) is 24.2 Å². The Morgan fingerprint density at radius 3 is 2.44 bits per heavy atom. The van der Waals surface area contributed by atoms with E-state index >= 15 is 0 Å². The first-order valence-corrected chi connectivity index (χ1v) is 7.78. The number of halogens is 4. The molecule has 0 amide bonds. The molecule has 0 aliphatic rings. The minimum atomic E-state index is -4.54. The molecule has 2 N–H and O–H groups in total. The summed E-state index contributed by atoms with van der Waals surface area (Å²) in [6.07, 6.45) is -3.19. The smallest absolute Gasteiger partial charge is 0.382 e. The Bertz CT molecular complexity index is 891. The number of alkyl halides is 3. The Morgan fingerprint density at radius 2 is 1.84 bits per heavy atom. The number of anilines is 1. The normalized spacial score (nSPS) is 13.0. The molecule has 0 saturated carbocycles. The van der Waals surface area contributed by atoms with E-state index in [0.717, 1.165) is 16.3 Å². The van der Waals surface area contributed by atoms with Crippen molar-refractivity contribution in [1.82, 2.24) is 14.8 Å². The average molecular weight is 367 g/mol. The molecular weight excluding hydrogens is 353 g/mol. The van der Waals surface area contributed by atoms with Crippen molar-refractivity contribution >= 4 is 17.4 Å². The maximum atomic E-state index is 13.5. The molecule has 2 aromatic heterocycles. The Balaban J connectivity index is 2.11. The molecule has 3 rings (SSSR count). The highest BCUT2D eigenvalue weighted by atomic mass is 35.5. The third-order valence-corrected chi connectivity index (χ3v) is 4.14. The molecule has 3 aromatic rings. The summed E-state index contributed by atoms with van der Waals surface area (Å²) in [5.74, 6) is 0.110. The third kappa shape index (κ3) is 3.46. The largest absolute Gasteiger partial charge is 0.433 e. The van der Waals surface area contributed by atoms with Crippen LogP contribution in [0.15, 0.2) is 48.7 Å². The van der Waals surface area contributed by atoms with Gasteiger partial charge in [-0.1, -0.05) is 41.9 Å². The Kier molecular flexibility index (Phi) is 4.43. The number of hydrogen-bond donors (Lipinski definition) is 1. The summed E-state index contributed by atoms with van der Waals surface area (Å²) in [5, 5.41) is 4.31. The van der Waals surface area contributed by atoms with Crippen LogP contribution in [0.4, 0.5) is 19.0 Å². The standard InChI is InChI=1S/C17H14ClF3N4/c1-10(11-5-3-2-4-6-11)25-15(17(19,20)21)8-14(24-25)12-7-13(18)16(22)23-9-12/h2-10H,1H3,(H2,22,23). The number of nitrogens with two attached hydrogens (primary N) is 1. The Labute approximate surface area is 147 Å². The zero-order chi connectivity index (χ0) is 18.2. The van der Waals surface area contributed by atoms with E-state index < -0.39 is 17.9 Å². The maximum Gasteiger partial charge on any atom is 0.433 e. The van der Waals surface area contributed by atoms with Gasteiger partial charge in [0.25, 0.3) is 0 Å². The molecule has 1 aromatic carbocycles. The van der Waals surface area contributed by atoms with Gasteiger partial charge < -0.3 is 5.73 Å². The lowest BCUT2D eigenvalue weighted by Crippen LogP contribution is -2.18. The molecule has 0 aliphatic heterocycles. The molecule has 1 unspecified atom stereocenters. The van der Waals surface area contributed by atoms with E-state index in [1.54, 1.807) is 37.3 Å². The molecule has 0 spiro atoms. The number of hydrogen-bond acceptors (Lipinski definition) is 3. The van der Waals surface area contributed by atoms with Crippen LogP contribution in [0.25, 0.3) is 11.3 Å². The molecule has 0 fully saturated rings. The van der Waals surface area contributed by atoms with Crippen LogP contribution < -0.4 is 5.73 Å². The van der Waals surface area contributed by atoms with Crippen molar-refractivity contribution in [2.24, 2.45) is 0 Å². The van der Waals surface area contributed by atoms with Gasteiger partial charge in [0, 0.05) is 11.8 Å². The van der Waals surface area contributed by atoms with Gasteiger partial charge in [-0.3, -0.25) is 4.68 Å². The highest BCUT2D eigenvalue weighted by Crippen LogP contribution is 2.35. The molecule has 0 aliphatic carbocycles. The first-order valence-electron chi connectivity index (χ1n) is 7.40. The first-order chi connectivity index (χ1) is 11.8. The van der Waals surface area contributed by atoms with E-state index in [9.17, 15) is 13.2 Å². The van der Waals surface area contributed by atoms with E-state index in [4.69, 9.17) is 17.3 Å². The van der Waals surface area contributed by atoms with Crippen LogP contribution in [-0.2, 0) is 6.18 Å². The van der Waals surface area contributed by atoms with Gasteiger partial charge in [-0.15, -0.1) is 0 Å². The lowest BCUT2D eigenvalue weighted by atomic mass is 10.1. The Hall–Kier alpha value is -2.54. The van der Waals surface area contributed by atoms with Crippen LogP contribution >= 0.6 is 11.6 Å². The molecule has 4 nitrogen and oxygen atoms in total. The molecular formula is C17H14ClF3N4. The van der Waals surface area contributed by atoms with Crippen molar-refractivity contribution in [1.29, 1.82) is 0 Å². The summed E-state index contributed by atoms with van der Waals surface area (Å²) in [5.41, 5.74) is 5.92. The van der Waals surface area contributed by atoms with Crippen molar-refractivity contribution in [2.45, 2.75) is 19.1 Å². The summed E-state index contributed by atoms with van der Waals surface area (Å²) >= 11 is 5.91. The van der Waals surface area contributed by atoms with E-state index in [-0.39, 0.29) is 16.5 Å². The van der Waals surface area contributed by atoms with Gasteiger partial charge in [0.1, 0.15) is 11.5 Å². The molecule has 8 heteroatoms. The lowest BCUT2D eigenvalue weighted by molar-refractivity contribution is -0.144. The molecule has 1 atom stereocenters. The predicted octanol–water partition coefficient (Wildman–Crippen LogP) is 4.81. The van der Waals surface area contributed by atoms with Gasteiger partial charge >= 0.3 is 6.18 Å². The second kappa shape index (κ2) is 6.40. The number of benzene rings is 1. The maximum absolute atomic E-state index is 13.5. The molecule has 2 heterocycles. The third-order valence-electron chi connectivity index (χ3n) is 3.84. The summed E-state index contributed by atoms with van der Waals surface area (Å²) < 4.78 is 41.4. The van der Waals surface area contributed by atoms with Crippen molar-refractivity contribution in [3.05, 3.63) is 64.9 Å². The van der Waals surface area contributed by atoms with Crippen molar-refractivity contribution < 1.29 is 13.2 Å². The minimum Gasteiger partial charge on any atom is -0.382 e. The average Bonchev–Trinajstić information content (AvgIpc) is 3.03. The van der Waals surface area contributed by atoms with Crippen LogP contribution in [0.3, 0.4) is 0 Å². The quantitative estimate of drug-likeness (QED) is 0.723.